The molecule has 1 aromatic rings. The van der Waals surface area contributed by atoms with Crippen LogP contribution >= 0.6 is 0 Å². The Morgan fingerprint density at radius 3 is 2.50 bits per heavy atom. The number of hydrazone groups is 1. The Morgan fingerprint density at radius 1 is 1.29 bits per heavy atom. The lowest BCUT2D eigenvalue weighted by Gasteiger charge is -2.17. The number of urea groups is 1. The summed E-state index contributed by atoms with van der Waals surface area (Å²) in [6, 6.07) is 6.89. The van der Waals surface area contributed by atoms with Crippen molar-refractivity contribution in [3.05, 3.63) is 29.8 Å². The van der Waals surface area contributed by atoms with Crippen LogP contribution in [0.15, 0.2) is 29.4 Å². The van der Waals surface area contributed by atoms with Gasteiger partial charge in [0.2, 0.25) is 0 Å². The summed E-state index contributed by atoms with van der Waals surface area (Å²) in [6.45, 7) is 8.54. The molecule has 1 N–H and O–H groups in total. The molecule has 1 heterocycles. The van der Waals surface area contributed by atoms with Gasteiger partial charge in [0.05, 0.1) is 12.8 Å². The number of carbonyl (C=O) groups excluding carboxylic acids is 2. The van der Waals surface area contributed by atoms with Crippen LogP contribution in [0.5, 0.6) is 5.75 Å². The van der Waals surface area contributed by atoms with Crippen LogP contribution in [0.4, 0.5) is 4.79 Å². The van der Waals surface area contributed by atoms with Crippen LogP contribution in [0, 0.1) is 5.92 Å². The Morgan fingerprint density at radius 2 is 1.96 bits per heavy atom. The zero-order valence-electron chi connectivity index (χ0n) is 14.7. The van der Waals surface area contributed by atoms with E-state index in [4.69, 9.17) is 4.74 Å². The lowest BCUT2D eigenvalue weighted by atomic mass is 10.00. The van der Waals surface area contributed by atoms with Gasteiger partial charge in [0, 0.05) is 0 Å². The van der Waals surface area contributed by atoms with Crippen molar-refractivity contribution in [2.75, 3.05) is 6.61 Å². The molecule has 1 saturated heterocycles. The van der Waals surface area contributed by atoms with Gasteiger partial charge in [-0.25, -0.2) is 4.79 Å². The lowest BCUT2D eigenvalue weighted by Crippen LogP contribution is -2.42. The fraction of sp³-hybridized carbons (Fsp3) is 0.500. The number of rotatable bonds is 7. The first-order valence-electron chi connectivity index (χ1n) is 8.29. The average molecular weight is 331 g/mol. The SMILES string of the molecule is CCC1(C)NC(=O)N(N=Cc2ccc(OCCC(C)C)cc2)C1=O. The number of ether oxygens (including phenoxy) is 1. The monoisotopic (exact) mass is 331 g/mol. The third kappa shape index (κ3) is 4.13. The fourth-order valence-electron chi connectivity index (χ4n) is 2.20. The first-order valence-corrected chi connectivity index (χ1v) is 8.29. The van der Waals surface area contributed by atoms with Gasteiger partial charge < -0.3 is 10.1 Å². The van der Waals surface area contributed by atoms with Gasteiger partial charge in [0.1, 0.15) is 11.3 Å². The van der Waals surface area contributed by atoms with Crippen molar-refractivity contribution < 1.29 is 14.3 Å². The Bertz CT molecular complexity index is 625. The third-order valence-electron chi connectivity index (χ3n) is 4.11. The first kappa shape index (κ1) is 18.0. The number of hydrogen-bond donors (Lipinski definition) is 1. The van der Waals surface area contributed by atoms with Crippen LogP contribution in [0.2, 0.25) is 0 Å². The van der Waals surface area contributed by atoms with E-state index >= 15 is 0 Å². The van der Waals surface area contributed by atoms with Gasteiger partial charge >= 0.3 is 6.03 Å². The Hall–Kier alpha value is -2.37. The van der Waals surface area contributed by atoms with E-state index in [1.165, 1.54) is 6.21 Å². The summed E-state index contributed by atoms with van der Waals surface area (Å²) in [5, 5.41) is 7.57. The van der Waals surface area contributed by atoms with Crippen LogP contribution in [0.3, 0.4) is 0 Å². The zero-order chi connectivity index (χ0) is 17.7. The van der Waals surface area contributed by atoms with Crippen molar-refractivity contribution in [1.29, 1.82) is 0 Å². The minimum Gasteiger partial charge on any atom is -0.494 e. The molecular weight excluding hydrogens is 306 g/mol. The maximum Gasteiger partial charge on any atom is 0.346 e. The standard InChI is InChI=1S/C18H25N3O3/c1-5-18(4)16(22)21(17(23)20-18)19-12-14-6-8-15(9-7-14)24-11-10-13(2)3/h6-9,12-13H,5,10-11H2,1-4H3,(H,20,23). The molecule has 2 rings (SSSR count). The normalized spacial score (nSPS) is 21.0. The van der Waals surface area contributed by atoms with Crippen LogP contribution in [-0.2, 0) is 4.79 Å². The van der Waals surface area contributed by atoms with Crippen molar-refractivity contribution >= 4 is 18.2 Å². The molecule has 1 aromatic carbocycles. The van der Waals surface area contributed by atoms with Crippen molar-refractivity contribution in [2.45, 2.75) is 46.1 Å². The van der Waals surface area contributed by atoms with Crippen LogP contribution < -0.4 is 10.1 Å². The fourth-order valence-corrected chi connectivity index (χ4v) is 2.20. The third-order valence-corrected chi connectivity index (χ3v) is 4.11. The Kier molecular flexibility index (Phi) is 5.59. The molecule has 0 saturated carbocycles. The van der Waals surface area contributed by atoms with Gasteiger partial charge in [-0.3, -0.25) is 4.79 Å². The van der Waals surface area contributed by atoms with E-state index in [9.17, 15) is 9.59 Å². The summed E-state index contributed by atoms with van der Waals surface area (Å²) < 4.78 is 5.65. The number of amides is 3. The number of imide groups is 1. The van der Waals surface area contributed by atoms with Crippen molar-refractivity contribution in [1.82, 2.24) is 10.3 Å². The van der Waals surface area contributed by atoms with Gasteiger partial charge in [0.15, 0.2) is 0 Å². The van der Waals surface area contributed by atoms with Crippen LogP contribution in [0.25, 0.3) is 0 Å². The molecule has 1 aliphatic heterocycles. The second kappa shape index (κ2) is 7.47. The minimum atomic E-state index is -0.872. The molecule has 0 aliphatic carbocycles. The first-order chi connectivity index (χ1) is 11.4. The van der Waals surface area contributed by atoms with E-state index < -0.39 is 11.6 Å². The maximum atomic E-state index is 12.2. The summed E-state index contributed by atoms with van der Waals surface area (Å²) >= 11 is 0. The highest BCUT2D eigenvalue weighted by atomic mass is 16.5. The van der Waals surface area contributed by atoms with Gasteiger partial charge in [-0.2, -0.15) is 5.10 Å². The molecule has 6 heteroatoms. The largest absolute Gasteiger partial charge is 0.494 e. The predicted octanol–water partition coefficient (Wildman–Crippen LogP) is 3.17. The number of nitrogens with one attached hydrogen (secondary N) is 1. The molecule has 1 unspecified atom stereocenters. The van der Waals surface area contributed by atoms with E-state index in [2.05, 4.69) is 24.3 Å². The summed E-state index contributed by atoms with van der Waals surface area (Å²) in [7, 11) is 0. The van der Waals surface area contributed by atoms with E-state index in [0.29, 0.717) is 18.9 Å². The molecule has 1 atom stereocenters. The highest BCUT2D eigenvalue weighted by molar-refractivity contribution is 6.07. The lowest BCUT2D eigenvalue weighted by molar-refractivity contribution is -0.130. The molecule has 0 radical (unpaired) electrons. The van der Waals surface area contributed by atoms with Crippen molar-refractivity contribution in [3.63, 3.8) is 0 Å². The molecule has 0 spiro atoms. The second-order valence-corrected chi connectivity index (χ2v) is 6.58. The van der Waals surface area contributed by atoms with E-state index in [-0.39, 0.29) is 5.91 Å². The van der Waals surface area contributed by atoms with Crippen molar-refractivity contribution in [2.24, 2.45) is 11.0 Å². The quantitative estimate of drug-likeness (QED) is 0.616. The van der Waals surface area contributed by atoms with E-state index in [1.54, 1.807) is 6.92 Å². The number of benzene rings is 1. The van der Waals surface area contributed by atoms with E-state index in [0.717, 1.165) is 22.7 Å². The molecule has 1 aliphatic rings. The number of hydrogen-bond acceptors (Lipinski definition) is 4. The Balaban J connectivity index is 1.97. The smallest absolute Gasteiger partial charge is 0.346 e. The molecule has 1 fully saturated rings. The molecule has 24 heavy (non-hydrogen) atoms. The summed E-state index contributed by atoms with van der Waals surface area (Å²) in [4.78, 5) is 24.1. The highest BCUT2D eigenvalue weighted by Crippen LogP contribution is 2.21. The predicted molar refractivity (Wildman–Crippen MR) is 93.1 cm³/mol. The number of nitrogens with zero attached hydrogens (tertiary/aromatic N) is 2. The van der Waals surface area contributed by atoms with Crippen LogP contribution in [0.1, 0.15) is 46.1 Å². The molecule has 0 bridgehead atoms. The summed E-state index contributed by atoms with van der Waals surface area (Å²) in [5.41, 5.74) is -0.0837. The van der Waals surface area contributed by atoms with Crippen LogP contribution in [-0.4, -0.2) is 35.3 Å². The molecule has 6 nitrogen and oxygen atoms in total. The van der Waals surface area contributed by atoms with Gasteiger partial charge in [-0.05, 0) is 55.5 Å². The topological polar surface area (TPSA) is 71.0 Å². The zero-order valence-corrected chi connectivity index (χ0v) is 14.7. The molecule has 0 aromatic heterocycles. The summed E-state index contributed by atoms with van der Waals surface area (Å²) in [6.07, 6.45) is 3.02. The van der Waals surface area contributed by atoms with Gasteiger partial charge in [-0.1, -0.05) is 20.8 Å². The molecule has 130 valence electrons. The number of carbonyl (C=O) groups is 2. The summed E-state index contributed by atoms with van der Waals surface area (Å²) in [5.74, 6) is 1.07. The highest BCUT2D eigenvalue weighted by Gasteiger charge is 2.46. The van der Waals surface area contributed by atoms with Gasteiger partial charge in [0.25, 0.3) is 5.91 Å². The van der Waals surface area contributed by atoms with Crippen molar-refractivity contribution in [3.8, 4) is 5.75 Å². The molecule has 3 amide bonds. The average Bonchev–Trinajstić information content (AvgIpc) is 2.76. The molecular formula is C18H25N3O3. The van der Waals surface area contributed by atoms with Gasteiger partial charge in [-0.15, -0.1) is 5.01 Å². The van der Waals surface area contributed by atoms with E-state index in [1.807, 2.05) is 31.2 Å². The maximum absolute atomic E-state index is 12.2. The second-order valence-electron chi connectivity index (χ2n) is 6.58. The Labute approximate surface area is 142 Å². The minimum absolute atomic E-state index is 0.333.